The molecule has 0 aromatic carbocycles. The average molecular weight is 390 g/mol. The van der Waals surface area contributed by atoms with Gasteiger partial charge in [0.2, 0.25) is 0 Å². The lowest BCUT2D eigenvalue weighted by Crippen LogP contribution is -2.25. The number of hydrogen-bond acceptors (Lipinski definition) is 7. The van der Waals surface area contributed by atoms with Crippen LogP contribution in [0.3, 0.4) is 0 Å². The molecule has 0 saturated carbocycles. The predicted octanol–water partition coefficient (Wildman–Crippen LogP) is 3.48. The number of thiophene rings is 2. The quantitative estimate of drug-likeness (QED) is 0.692. The van der Waals surface area contributed by atoms with Crippen molar-refractivity contribution >= 4 is 38.9 Å². The molecule has 1 atom stereocenters. The fraction of sp³-hybridized carbons (Fsp3) is 0.389. The maximum absolute atomic E-state index is 12.6. The van der Waals surface area contributed by atoms with Crippen molar-refractivity contribution in [3.8, 4) is 0 Å². The molecule has 6 nitrogen and oxygen atoms in total. The van der Waals surface area contributed by atoms with Crippen molar-refractivity contribution < 1.29 is 9.53 Å². The van der Waals surface area contributed by atoms with Gasteiger partial charge in [0, 0.05) is 10.9 Å². The molecule has 8 heteroatoms. The monoisotopic (exact) mass is 389 g/mol. The van der Waals surface area contributed by atoms with E-state index < -0.39 is 5.97 Å². The molecule has 1 N–H and O–H groups in total. The number of methoxy groups -OCH3 is 1. The number of aromatic amines is 1. The molecule has 0 aliphatic carbocycles. The van der Waals surface area contributed by atoms with Gasteiger partial charge in [0.1, 0.15) is 15.5 Å². The van der Waals surface area contributed by atoms with Crippen LogP contribution in [-0.2, 0) is 11.3 Å². The van der Waals surface area contributed by atoms with Crippen LogP contribution in [0.25, 0.3) is 10.2 Å². The second-order valence-corrected chi connectivity index (χ2v) is 8.36. The molecule has 0 unspecified atom stereocenters. The van der Waals surface area contributed by atoms with Gasteiger partial charge in [-0.1, -0.05) is 6.07 Å². The summed E-state index contributed by atoms with van der Waals surface area (Å²) < 4.78 is 4.80. The maximum atomic E-state index is 12.6. The molecule has 4 heterocycles. The first kappa shape index (κ1) is 17.4. The van der Waals surface area contributed by atoms with Crippen LogP contribution < -0.4 is 5.56 Å². The Morgan fingerprint density at radius 3 is 3.08 bits per heavy atom. The predicted molar refractivity (Wildman–Crippen MR) is 103 cm³/mol. The summed E-state index contributed by atoms with van der Waals surface area (Å²) in [5.41, 5.74) is 0.440. The number of nitrogens with zero attached hydrogens (tertiary/aromatic N) is 2. The smallest absolute Gasteiger partial charge is 0.348 e. The summed E-state index contributed by atoms with van der Waals surface area (Å²) in [4.78, 5) is 36.7. The second kappa shape index (κ2) is 6.94. The molecule has 0 amide bonds. The van der Waals surface area contributed by atoms with E-state index in [1.54, 1.807) is 18.3 Å². The van der Waals surface area contributed by atoms with E-state index >= 15 is 0 Å². The molecule has 3 aromatic heterocycles. The fourth-order valence-electron chi connectivity index (χ4n) is 3.56. The van der Waals surface area contributed by atoms with Gasteiger partial charge in [0.25, 0.3) is 5.56 Å². The SMILES string of the molecule is COC(=O)c1sc2nc(CN3CCC[C@@H]3c3cccs3)[nH]c(=O)c2c1C. The van der Waals surface area contributed by atoms with Crippen molar-refractivity contribution in [1.29, 1.82) is 0 Å². The number of carbonyl (C=O) groups is 1. The van der Waals surface area contributed by atoms with Crippen LogP contribution in [0.4, 0.5) is 0 Å². The number of H-pyrrole nitrogens is 1. The van der Waals surface area contributed by atoms with Crippen LogP contribution in [0.2, 0.25) is 0 Å². The average Bonchev–Trinajstić information content (AvgIpc) is 3.34. The minimum Gasteiger partial charge on any atom is -0.465 e. The Kier molecular flexibility index (Phi) is 4.64. The molecule has 1 aliphatic rings. The Morgan fingerprint density at radius 2 is 2.35 bits per heavy atom. The number of nitrogens with one attached hydrogen (secondary N) is 1. The molecule has 0 bridgehead atoms. The summed E-state index contributed by atoms with van der Waals surface area (Å²) in [7, 11) is 1.34. The highest BCUT2D eigenvalue weighted by molar-refractivity contribution is 7.20. The lowest BCUT2D eigenvalue weighted by molar-refractivity contribution is 0.0605. The van der Waals surface area contributed by atoms with E-state index in [-0.39, 0.29) is 5.56 Å². The molecule has 4 rings (SSSR count). The molecule has 136 valence electrons. The standard InChI is InChI=1S/C18H19N3O3S2/c1-10-14-16(22)19-13(20-17(14)26-15(10)18(23)24-2)9-21-7-3-5-11(21)12-6-4-8-25-12/h4,6,8,11H,3,5,7,9H2,1-2H3,(H,19,20,22)/t11-/m1/s1. The number of carbonyl (C=O) groups excluding carboxylic acids is 1. The third-order valence-electron chi connectivity index (χ3n) is 4.81. The first-order valence-electron chi connectivity index (χ1n) is 8.46. The van der Waals surface area contributed by atoms with Crippen LogP contribution in [0, 0.1) is 6.92 Å². The summed E-state index contributed by atoms with van der Waals surface area (Å²) in [6, 6.07) is 4.62. The lowest BCUT2D eigenvalue weighted by Gasteiger charge is -2.22. The molecule has 1 saturated heterocycles. The van der Waals surface area contributed by atoms with Gasteiger partial charge < -0.3 is 9.72 Å². The van der Waals surface area contributed by atoms with Gasteiger partial charge in [-0.3, -0.25) is 9.69 Å². The zero-order valence-corrected chi connectivity index (χ0v) is 16.2. The third kappa shape index (κ3) is 2.98. The Hall–Kier alpha value is -2.03. The Morgan fingerprint density at radius 1 is 1.50 bits per heavy atom. The summed E-state index contributed by atoms with van der Waals surface area (Å²) in [6.07, 6.45) is 2.26. The van der Waals surface area contributed by atoms with Gasteiger partial charge in [0.15, 0.2) is 0 Å². The number of fused-ring (bicyclic) bond motifs is 1. The van der Waals surface area contributed by atoms with Crippen molar-refractivity contribution in [2.75, 3.05) is 13.7 Å². The van der Waals surface area contributed by atoms with Crippen LogP contribution in [-0.4, -0.2) is 34.5 Å². The van der Waals surface area contributed by atoms with Crippen molar-refractivity contribution in [3.63, 3.8) is 0 Å². The normalized spacial score (nSPS) is 17.8. The van der Waals surface area contributed by atoms with E-state index in [0.717, 1.165) is 19.4 Å². The van der Waals surface area contributed by atoms with E-state index in [1.165, 1.54) is 23.3 Å². The number of hydrogen-bond donors (Lipinski definition) is 1. The highest BCUT2D eigenvalue weighted by atomic mass is 32.1. The molecular formula is C18H19N3O3S2. The molecule has 26 heavy (non-hydrogen) atoms. The number of ether oxygens (including phenoxy) is 1. The summed E-state index contributed by atoms with van der Waals surface area (Å²) in [5, 5.41) is 2.58. The molecule has 0 radical (unpaired) electrons. The highest BCUT2D eigenvalue weighted by Gasteiger charge is 2.28. The molecular weight excluding hydrogens is 370 g/mol. The van der Waals surface area contributed by atoms with Crippen molar-refractivity contribution in [3.05, 3.63) is 49.0 Å². The zero-order valence-electron chi connectivity index (χ0n) is 14.6. The number of esters is 1. The number of rotatable bonds is 4. The summed E-state index contributed by atoms with van der Waals surface area (Å²) in [5.74, 6) is 0.215. The molecule has 3 aromatic rings. The van der Waals surface area contributed by atoms with E-state index in [2.05, 4.69) is 32.4 Å². The van der Waals surface area contributed by atoms with Gasteiger partial charge in [-0.25, -0.2) is 9.78 Å². The summed E-state index contributed by atoms with van der Waals surface area (Å²) >= 11 is 2.99. The van der Waals surface area contributed by atoms with Gasteiger partial charge in [0.05, 0.1) is 19.0 Å². The van der Waals surface area contributed by atoms with E-state index in [9.17, 15) is 9.59 Å². The number of aromatic nitrogens is 2. The topological polar surface area (TPSA) is 75.3 Å². The first-order chi connectivity index (χ1) is 12.6. The van der Waals surface area contributed by atoms with Crippen LogP contribution in [0.15, 0.2) is 22.3 Å². The molecule has 1 fully saturated rings. The van der Waals surface area contributed by atoms with Crippen molar-refractivity contribution in [2.45, 2.75) is 32.4 Å². The van der Waals surface area contributed by atoms with E-state index in [1.807, 2.05) is 0 Å². The van der Waals surface area contributed by atoms with Crippen LogP contribution in [0.5, 0.6) is 0 Å². The van der Waals surface area contributed by atoms with E-state index in [4.69, 9.17) is 4.74 Å². The Bertz CT molecular complexity index is 1010. The number of likely N-dealkylation sites (tertiary alicyclic amines) is 1. The largest absolute Gasteiger partial charge is 0.465 e. The van der Waals surface area contributed by atoms with Gasteiger partial charge >= 0.3 is 5.97 Å². The van der Waals surface area contributed by atoms with E-state index in [0.29, 0.717) is 39.1 Å². The maximum Gasteiger partial charge on any atom is 0.348 e. The van der Waals surface area contributed by atoms with Crippen molar-refractivity contribution in [1.82, 2.24) is 14.9 Å². The lowest BCUT2D eigenvalue weighted by atomic mass is 10.2. The third-order valence-corrected chi connectivity index (χ3v) is 6.95. The Labute approximate surface area is 158 Å². The molecule has 0 spiro atoms. The molecule has 1 aliphatic heterocycles. The number of aryl methyl sites for hydroxylation is 1. The van der Waals surface area contributed by atoms with Gasteiger partial charge in [-0.05, 0) is 43.3 Å². The van der Waals surface area contributed by atoms with Gasteiger partial charge in [-0.2, -0.15) is 0 Å². The van der Waals surface area contributed by atoms with Crippen LogP contribution in [0.1, 0.15) is 44.8 Å². The van der Waals surface area contributed by atoms with Crippen LogP contribution >= 0.6 is 22.7 Å². The van der Waals surface area contributed by atoms with Crippen molar-refractivity contribution in [2.24, 2.45) is 0 Å². The minimum absolute atomic E-state index is 0.194. The Balaban J connectivity index is 1.67. The summed E-state index contributed by atoms with van der Waals surface area (Å²) in [6.45, 7) is 3.34. The first-order valence-corrected chi connectivity index (χ1v) is 10.2. The fourth-order valence-corrected chi connectivity index (χ4v) is 5.58. The second-order valence-electron chi connectivity index (χ2n) is 6.38. The highest BCUT2D eigenvalue weighted by Crippen LogP contribution is 2.35. The minimum atomic E-state index is -0.427. The zero-order chi connectivity index (χ0) is 18.3. The van der Waals surface area contributed by atoms with Gasteiger partial charge in [-0.15, -0.1) is 22.7 Å².